The highest BCUT2D eigenvalue weighted by Gasteiger charge is 2.45. The summed E-state index contributed by atoms with van der Waals surface area (Å²) >= 11 is 0. The Hall–Kier alpha value is -1.67. The third-order valence-electron chi connectivity index (χ3n) is 6.39. The Balaban J connectivity index is 1.85. The Morgan fingerprint density at radius 1 is 1.26 bits per heavy atom. The summed E-state index contributed by atoms with van der Waals surface area (Å²) in [4.78, 5) is 4.55. The van der Waals surface area contributed by atoms with Crippen LogP contribution >= 0.6 is 0 Å². The van der Waals surface area contributed by atoms with Crippen LogP contribution in [0.15, 0.2) is 48.2 Å². The summed E-state index contributed by atoms with van der Waals surface area (Å²) < 4.78 is 0. The average Bonchev–Trinajstić information content (AvgIpc) is 2.59. The summed E-state index contributed by atoms with van der Waals surface area (Å²) in [7, 11) is 0. The smallest absolute Gasteiger partial charge is 0.0705 e. The molecule has 2 aliphatic rings. The molecular weight excluding hydrogens is 280 g/mol. The van der Waals surface area contributed by atoms with E-state index in [1.165, 1.54) is 30.2 Å². The second-order valence-corrected chi connectivity index (χ2v) is 7.53. The van der Waals surface area contributed by atoms with Crippen LogP contribution in [0.3, 0.4) is 0 Å². The van der Waals surface area contributed by atoms with Crippen LogP contribution in [0, 0.1) is 11.8 Å². The Morgan fingerprint density at radius 3 is 2.96 bits per heavy atom. The van der Waals surface area contributed by atoms with Crippen LogP contribution in [0.5, 0.6) is 0 Å². The van der Waals surface area contributed by atoms with Gasteiger partial charge in [0, 0.05) is 23.2 Å². The number of aromatic nitrogens is 1. The van der Waals surface area contributed by atoms with Gasteiger partial charge in [0.1, 0.15) is 0 Å². The van der Waals surface area contributed by atoms with Crippen LogP contribution in [0.2, 0.25) is 0 Å². The van der Waals surface area contributed by atoms with Crippen molar-refractivity contribution >= 4 is 10.9 Å². The van der Waals surface area contributed by atoms with Gasteiger partial charge in [-0.15, -0.1) is 0 Å². The first-order chi connectivity index (χ1) is 11.1. The van der Waals surface area contributed by atoms with Crippen molar-refractivity contribution < 1.29 is 0 Å². The van der Waals surface area contributed by atoms with E-state index in [1.807, 2.05) is 6.20 Å². The largest absolute Gasteiger partial charge is 0.304 e. The van der Waals surface area contributed by atoms with Gasteiger partial charge in [-0.25, -0.2) is 0 Å². The number of piperidine rings is 1. The van der Waals surface area contributed by atoms with Crippen LogP contribution in [-0.4, -0.2) is 10.5 Å². The van der Waals surface area contributed by atoms with Gasteiger partial charge in [-0.05, 0) is 62.6 Å². The Kier molecular flexibility index (Phi) is 3.53. The summed E-state index contributed by atoms with van der Waals surface area (Å²) in [6.07, 6.45) is 8.09. The average molecular weight is 306 g/mol. The molecule has 1 aromatic heterocycles. The fourth-order valence-electron chi connectivity index (χ4n) is 4.64. The van der Waals surface area contributed by atoms with E-state index in [1.54, 1.807) is 5.57 Å². The molecule has 1 saturated heterocycles. The Morgan fingerprint density at radius 2 is 2.13 bits per heavy atom. The van der Waals surface area contributed by atoms with Crippen molar-refractivity contribution in [3.8, 4) is 0 Å². The zero-order chi connectivity index (χ0) is 16.0. The summed E-state index contributed by atoms with van der Waals surface area (Å²) in [5.74, 6) is 1.37. The molecule has 2 nitrogen and oxygen atoms in total. The fourth-order valence-corrected chi connectivity index (χ4v) is 4.64. The SMILES string of the molecule is CC[C@]1(C)NC(c2cccc3ncccc23)C2CC1CC=C2C. The molecule has 2 heteroatoms. The van der Waals surface area contributed by atoms with Gasteiger partial charge in [-0.1, -0.05) is 36.8 Å². The van der Waals surface area contributed by atoms with Gasteiger partial charge < -0.3 is 5.32 Å². The molecule has 3 unspecified atom stereocenters. The van der Waals surface area contributed by atoms with E-state index in [4.69, 9.17) is 0 Å². The first-order valence-electron chi connectivity index (χ1n) is 8.90. The molecule has 1 N–H and O–H groups in total. The van der Waals surface area contributed by atoms with E-state index >= 15 is 0 Å². The third-order valence-corrected chi connectivity index (χ3v) is 6.39. The predicted octanol–water partition coefficient (Wildman–Crippen LogP) is 5.02. The third kappa shape index (κ3) is 2.31. The minimum absolute atomic E-state index is 0.225. The number of fused-ring (bicyclic) bond motifs is 3. The number of benzene rings is 1. The van der Waals surface area contributed by atoms with Crippen molar-refractivity contribution in [3.05, 3.63) is 53.7 Å². The van der Waals surface area contributed by atoms with E-state index in [0.29, 0.717) is 12.0 Å². The lowest BCUT2D eigenvalue weighted by molar-refractivity contribution is 0.0921. The molecule has 2 bridgehead atoms. The molecule has 1 fully saturated rings. The van der Waals surface area contributed by atoms with E-state index < -0.39 is 0 Å². The number of hydrogen-bond donors (Lipinski definition) is 1. The topological polar surface area (TPSA) is 24.9 Å². The monoisotopic (exact) mass is 306 g/mol. The van der Waals surface area contributed by atoms with Crippen LogP contribution in [0.1, 0.15) is 51.6 Å². The first-order valence-corrected chi connectivity index (χ1v) is 8.90. The molecule has 0 spiro atoms. The standard InChI is InChI=1S/C21H26N2/c1-4-21(3)15-11-10-14(2)18(13-15)20(23-21)17-7-5-9-19-16(17)8-6-12-22-19/h5-10,12,15,18,20,23H,4,11,13H2,1-3H3/t15?,18?,20?,21-/m0/s1. The molecule has 0 amide bonds. The molecule has 1 aliphatic carbocycles. The normalized spacial score (nSPS) is 33.5. The lowest BCUT2D eigenvalue weighted by Gasteiger charge is -2.52. The van der Waals surface area contributed by atoms with Crippen LogP contribution < -0.4 is 5.32 Å². The predicted molar refractivity (Wildman–Crippen MR) is 96.3 cm³/mol. The molecule has 1 aromatic carbocycles. The molecule has 0 saturated carbocycles. The van der Waals surface area contributed by atoms with Crippen molar-refractivity contribution in [2.75, 3.05) is 0 Å². The van der Waals surface area contributed by atoms with E-state index in [9.17, 15) is 0 Å². The van der Waals surface area contributed by atoms with Crippen molar-refractivity contribution in [1.29, 1.82) is 0 Å². The molecule has 2 aromatic rings. The molecule has 1 aliphatic heterocycles. The summed E-state index contributed by atoms with van der Waals surface area (Å²) in [5.41, 5.74) is 4.29. The molecule has 120 valence electrons. The van der Waals surface area contributed by atoms with Crippen LogP contribution in [0.4, 0.5) is 0 Å². The Labute approximate surface area is 139 Å². The minimum atomic E-state index is 0.225. The second kappa shape index (κ2) is 5.45. The van der Waals surface area contributed by atoms with Gasteiger partial charge in [0.05, 0.1) is 5.52 Å². The van der Waals surface area contributed by atoms with Crippen molar-refractivity contribution in [2.24, 2.45) is 11.8 Å². The summed E-state index contributed by atoms with van der Waals surface area (Å²) in [6, 6.07) is 11.2. The minimum Gasteiger partial charge on any atom is -0.304 e. The van der Waals surface area contributed by atoms with Gasteiger partial charge in [-0.3, -0.25) is 4.98 Å². The molecule has 4 rings (SSSR count). The highest BCUT2D eigenvalue weighted by atomic mass is 15.0. The van der Waals surface area contributed by atoms with Crippen molar-refractivity contribution in [2.45, 2.75) is 51.6 Å². The summed E-state index contributed by atoms with van der Waals surface area (Å²) in [5, 5.41) is 5.35. The van der Waals surface area contributed by atoms with E-state index in [-0.39, 0.29) is 5.54 Å². The van der Waals surface area contributed by atoms with Crippen molar-refractivity contribution in [3.63, 3.8) is 0 Å². The number of allylic oxidation sites excluding steroid dienone is 1. The quantitative estimate of drug-likeness (QED) is 0.788. The fraction of sp³-hybridized carbons (Fsp3) is 0.476. The Bertz CT molecular complexity index is 758. The highest BCUT2D eigenvalue weighted by molar-refractivity contribution is 5.82. The zero-order valence-corrected chi connectivity index (χ0v) is 14.3. The van der Waals surface area contributed by atoms with Crippen LogP contribution in [-0.2, 0) is 0 Å². The van der Waals surface area contributed by atoms with Gasteiger partial charge in [0.15, 0.2) is 0 Å². The second-order valence-electron chi connectivity index (χ2n) is 7.53. The maximum Gasteiger partial charge on any atom is 0.0705 e. The number of nitrogens with one attached hydrogen (secondary N) is 1. The summed E-state index contributed by atoms with van der Waals surface area (Å²) in [6.45, 7) is 7.05. The number of nitrogens with zero attached hydrogens (tertiary/aromatic N) is 1. The van der Waals surface area contributed by atoms with Crippen molar-refractivity contribution in [1.82, 2.24) is 10.3 Å². The molecular formula is C21H26N2. The van der Waals surface area contributed by atoms with Gasteiger partial charge in [-0.2, -0.15) is 0 Å². The zero-order valence-electron chi connectivity index (χ0n) is 14.3. The number of rotatable bonds is 2. The van der Waals surface area contributed by atoms with Gasteiger partial charge >= 0.3 is 0 Å². The molecule has 23 heavy (non-hydrogen) atoms. The maximum atomic E-state index is 4.55. The lowest BCUT2D eigenvalue weighted by Crippen LogP contribution is -2.57. The van der Waals surface area contributed by atoms with Gasteiger partial charge in [0.2, 0.25) is 0 Å². The maximum absolute atomic E-state index is 4.55. The van der Waals surface area contributed by atoms with Gasteiger partial charge in [0.25, 0.3) is 0 Å². The van der Waals surface area contributed by atoms with E-state index in [0.717, 1.165) is 11.4 Å². The molecule has 4 atom stereocenters. The van der Waals surface area contributed by atoms with E-state index in [2.05, 4.69) is 67.5 Å². The molecule has 2 heterocycles. The highest BCUT2D eigenvalue weighted by Crippen LogP contribution is 2.48. The lowest BCUT2D eigenvalue weighted by atomic mass is 9.64. The number of pyridine rings is 1. The first kappa shape index (κ1) is 14.9. The molecule has 0 radical (unpaired) electrons. The number of hydrogen-bond acceptors (Lipinski definition) is 2. The van der Waals surface area contributed by atoms with Crippen LogP contribution in [0.25, 0.3) is 10.9 Å².